The number of carbonyl (C=O) groups excluding carboxylic acids is 1. The minimum atomic E-state index is -4.44. The number of rotatable bonds is 3. The van der Waals surface area contributed by atoms with Gasteiger partial charge in [0.25, 0.3) is 0 Å². The minimum absolute atomic E-state index is 0.0277. The van der Waals surface area contributed by atoms with E-state index < -0.39 is 11.7 Å². The molecule has 116 valence electrons. The number of hydrogen-bond acceptors (Lipinski definition) is 3. The molecule has 1 heterocycles. The van der Waals surface area contributed by atoms with Gasteiger partial charge in [0.05, 0.1) is 25.3 Å². The van der Waals surface area contributed by atoms with Gasteiger partial charge in [-0.1, -0.05) is 15.9 Å². The number of carbonyl (C=O) groups is 1. The lowest BCUT2D eigenvalue weighted by molar-refractivity contribution is -0.138. The van der Waals surface area contributed by atoms with E-state index in [4.69, 9.17) is 4.74 Å². The van der Waals surface area contributed by atoms with Gasteiger partial charge in [0.2, 0.25) is 5.91 Å². The summed E-state index contributed by atoms with van der Waals surface area (Å²) in [6.45, 7) is 1.95. The number of morpholine rings is 1. The van der Waals surface area contributed by atoms with Gasteiger partial charge in [-0.2, -0.15) is 13.2 Å². The molecule has 0 atom stereocenters. The summed E-state index contributed by atoms with van der Waals surface area (Å²) >= 11 is 2.87. The zero-order valence-corrected chi connectivity index (χ0v) is 12.6. The second-order valence-corrected chi connectivity index (χ2v) is 5.39. The minimum Gasteiger partial charge on any atom is -0.378 e. The fraction of sp³-hybridized carbons (Fsp3) is 0.462. The third-order valence-electron chi connectivity index (χ3n) is 3.08. The number of hydrogen-bond donors (Lipinski definition) is 1. The van der Waals surface area contributed by atoms with Crippen molar-refractivity contribution in [3.63, 3.8) is 0 Å². The molecule has 1 fully saturated rings. The van der Waals surface area contributed by atoms with Crippen LogP contribution in [0.4, 0.5) is 18.9 Å². The van der Waals surface area contributed by atoms with Gasteiger partial charge in [-0.15, -0.1) is 0 Å². The summed E-state index contributed by atoms with van der Waals surface area (Å²) in [5.74, 6) is -0.158. The molecule has 0 spiro atoms. The SMILES string of the molecule is O=C(CNc1ccc(Br)c(C(F)(F)F)c1)N1CCOCC1. The van der Waals surface area contributed by atoms with Crippen molar-refractivity contribution in [1.29, 1.82) is 0 Å². The number of nitrogens with one attached hydrogen (secondary N) is 1. The first kappa shape index (κ1) is 16.1. The molecule has 0 radical (unpaired) electrons. The normalized spacial score (nSPS) is 15.9. The average Bonchev–Trinajstić information content (AvgIpc) is 2.45. The van der Waals surface area contributed by atoms with Gasteiger partial charge in [-0.3, -0.25) is 4.79 Å². The lowest BCUT2D eigenvalue weighted by atomic mass is 10.2. The van der Waals surface area contributed by atoms with E-state index in [1.54, 1.807) is 4.90 Å². The number of halogens is 4. The fourth-order valence-electron chi connectivity index (χ4n) is 1.95. The van der Waals surface area contributed by atoms with Crippen molar-refractivity contribution in [2.45, 2.75) is 6.18 Å². The molecule has 0 bridgehead atoms. The Bertz CT molecular complexity index is 517. The van der Waals surface area contributed by atoms with Gasteiger partial charge in [-0.05, 0) is 18.2 Å². The molecule has 21 heavy (non-hydrogen) atoms. The predicted octanol–water partition coefficient (Wildman–Crippen LogP) is 2.74. The molecule has 1 aliphatic rings. The fourth-order valence-corrected chi connectivity index (χ4v) is 2.43. The second kappa shape index (κ2) is 6.65. The molecule has 1 aromatic rings. The van der Waals surface area contributed by atoms with Crippen LogP contribution in [-0.4, -0.2) is 43.7 Å². The van der Waals surface area contributed by atoms with Crippen LogP contribution >= 0.6 is 15.9 Å². The summed E-state index contributed by atoms with van der Waals surface area (Å²) in [7, 11) is 0. The van der Waals surface area contributed by atoms with Crippen LogP contribution in [0.25, 0.3) is 0 Å². The van der Waals surface area contributed by atoms with Gasteiger partial charge in [0.1, 0.15) is 0 Å². The molecule has 0 aliphatic carbocycles. The highest BCUT2D eigenvalue weighted by molar-refractivity contribution is 9.10. The Kier molecular flexibility index (Phi) is 5.10. The van der Waals surface area contributed by atoms with Gasteiger partial charge in [0, 0.05) is 23.2 Å². The molecule has 0 saturated carbocycles. The van der Waals surface area contributed by atoms with Crippen molar-refractivity contribution in [3.05, 3.63) is 28.2 Å². The summed E-state index contributed by atoms with van der Waals surface area (Å²) in [5, 5.41) is 2.73. The third-order valence-corrected chi connectivity index (χ3v) is 3.77. The summed E-state index contributed by atoms with van der Waals surface area (Å²) < 4.78 is 43.4. The van der Waals surface area contributed by atoms with Crippen molar-refractivity contribution in [1.82, 2.24) is 4.90 Å². The predicted molar refractivity (Wildman–Crippen MR) is 75.0 cm³/mol. The summed E-state index contributed by atoms with van der Waals surface area (Å²) in [6.07, 6.45) is -4.44. The van der Waals surface area contributed by atoms with Crippen LogP contribution in [0.5, 0.6) is 0 Å². The van der Waals surface area contributed by atoms with Gasteiger partial charge >= 0.3 is 6.18 Å². The van der Waals surface area contributed by atoms with Crippen molar-refractivity contribution >= 4 is 27.5 Å². The Morgan fingerprint density at radius 3 is 2.62 bits per heavy atom. The van der Waals surface area contributed by atoms with E-state index in [1.807, 2.05) is 0 Å². The van der Waals surface area contributed by atoms with E-state index in [2.05, 4.69) is 21.2 Å². The van der Waals surface area contributed by atoms with Crippen LogP contribution in [0, 0.1) is 0 Å². The van der Waals surface area contributed by atoms with Crippen molar-refractivity contribution in [2.24, 2.45) is 0 Å². The molecule has 0 aromatic heterocycles. The van der Waals surface area contributed by atoms with E-state index in [0.29, 0.717) is 26.3 Å². The van der Waals surface area contributed by atoms with E-state index in [1.165, 1.54) is 12.1 Å². The number of benzene rings is 1. The highest BCUT2D eigenvalue weighted by atomic mass is 79.9. The van der Waals surface area contributed by atoms with Gasteiger partial charge < -0.3 is 15.0 Å². The molecule has 1 amide bonds. The maximum absolute atomic E-state index is 12.8. The number of nitrogens with zero attached hydrogens (tertiary/aromatic N) is 1. The van der Waals surface area contributed by atoms with Crippen LogP contribution < -0.4 is 5.32 Å². The summed E-state index contributed by atoms with van der Waals surface area (Å²) in [4.78, 5) is 13.5. The van der Waals surface area contributed by atoms with Crippen molar-refractivity contribution < 1.29 is 22.7 Å². The Balaban J connectivity index is 1.98. The molecular weight excluding hydrogens is 353 g/mol. The zero-order chi connectivity index (χ0) is 15.5. The highest BCUT2D eigenvalue weighted by Crippen LogP contribution is 2.36. The van der Waals surface area contributed by atoms with Crippen molar-refractivity contribution in [3.8, 4) is 0 Å². The third kappa shape index (κ3) is 4.34. The monoisotopic (exact) mass is 366 g/mol. The first-order chi connectivity index (χ1) is 9.88. The molecular formula is C13H14BrF3N2O2. The number of alkyl halides is 3. The number of amides is 1. The van der Waals surface area contributed by atoms with Crippen LogP contribution in [-0.2, 0) is 15.7 Å². The number of anilines is 1. The van der Waals surface area contributed by atoms with E-state index in [9.17, 15) is 18.0 Å². The molecule has 0 unspecified atom stereocenters. The summed E-state index contributed by atoms with van der Waals surface area (Å²) in [6, 6.07) is 3.78. The Labute approximate surface area is 128 Å². The number of ether oxygens (including phenoxy) is 1. The molecule has 1 aromatic carbocycles. The van der Waals surface area contributed by atoms with Gasteiger partial charge in [-0.25, -0.2) is 0 Å². The van der Waals surface area contributed by atoms with Crippen LogP contribution in [0.3, 0.4) is 0 Å². The maximum Gasteiger partial charge on any atom is 0.417 e. The standard InChI is InChI=1S/C13H14BrF3N2O2/c14-11-2-1-9(7-10(11)13(15,16)17)18-8-12(20)19-3-5-21-6-4-19/h1-2,7,18H,3-6,8H2. The molecule has 1 saturated heterocycles. The van der Waals surface area contributed by atoms with Crippen LogP contribution in [0.1, 0.15) is 5.56 Å². The quantitative estimate of drug-likeness (QED) is 0.894. The lowest BCUT2D eigenvalue weighted by Crippen LogP contribution is -2.43. The van der Waals surface area contributed by atoms with E-state index >= 15 is 0 Å². The zero-order valence-electron chi connectivity index (χ0n) is 11.0. The summed E-state index contributed by atoms with van der Waals surface area (Å²) in [5.41, 5.74) is -0.515. The van der Waals surface area contributed by atoms with Crippen molar-refractivity contribution in [2.75, 3.05) is 38.2 Å². The highest BCUT2D eigenvalue weighted by Gasteiger charge is 2.33. The second-order valence-electron chi connectivity index (χ2n) is 4.54. The lowest BCUT2D eigenvalue weighted by Gasteiger charge is -2.27. The molecule has 2 rings (SSSR count). The van der Waals surface area contributed by atoms with Gasteiger partial charge in [0.15, 0.2) is 0 Å². The smallest absolute Gasteiger partial charge is 0.378 e. The molecule has 1 N–H and O–H groups in total. The Morgan fingerprint density at radius 2 is 2.00 bits per heavy atom. The average molecular weight is 367 g/mol. The first-order valence-corrected chi connectivity index (χ1v) is 7.13. The van der Waals surface area contributed by atoms with E-state index in [0.717, 1.165) is 6.07 Å². The molecule has 8 heteroatoms. The van der Waals surface area contributed by atoms with Crippen LogP contribution in [0.15, 0.2) is 22.7 Å². The van der Waals surface area contributed by atoms with Crippen LogP contribution in [0.2, 0.25) is 0 Å². The Morgan fingerprint density at radius 1 is 1.33 bits per heavy atom. The Hall–Kier alpha value is -1.28. The molecule has 1 aliphatic heterocycles. The molecule has 4 nitrogen and oxygen atoms in total. The topological polar surface area (TPSA) is 41.6 Å². The largest absolute Gasteiger partial charge is 0.417 e. The van der Waals surface area contributed by atoms with E-state index in [-0.39, 0.29) is 22.6 Å². The maximum atomic E-state index is 12.8. The first-order valence-electron chi connectivity index (χ1n) is 6.34.